The van der Waals surface area contributed by atoms with Crippen LogP contribution in [-0.2, 0) is 6.42 Å². The van der Waals surface area contributed by atoms with E-state index in [0.717, 1.165) is 12.1 Å². The minimum atomic E-state index is 0.799. The van der Waals surface area contributed by atoms with Gasteiger partial charge in [0.05, 0.1) is 0 Å². The third kappa shape index (κ3) is 2.34. The molecular formula is C9H12N2. The number of nitrogens with two attached hydrogens (primary N) is 2. The Morgan fingerprint density at radius 2 is 2.18 bits per heavy atom. The minimum Gasteiger partial charge on any atom is -0.405 e. The fraction of sp³-hybridized carbons (Fsp3) is 0.111. The van der Waals surface area contributed by atoms with E-state index in [1.165, 1.54) is 5.56 Å². The molecule has 4 N–H and O–H groups in total. The summed E-state index contributed by atoms with van der Waals surface area (Å²) in [5.41, 5.74) is 12.8. The molecule has 0 heterocycles. The maximum Gasteiger partial charge on any atom is 0.0316 e. The van der Waals surface area contributed by atoms with Gasteiger partial charge in [0, 0.05) is 5.69 Å². The third-order valence-electron chi connectivity index (χ3n) is 1.44. The lowest BCUT2D eigenvalue weighted by atomic mass is 10.1. The van der Waals surface area contributed by atoms with Crippen LogP contribution in [0, 0.1) is 0 Å². The molecule has 0 fully saturated rings. The predicted molar refractivity (Wildman–Crippen MR) is 47.9 cm³/mol. The second-order valence-electron chi connectivity index (χ2n) is 2.38. The van der Waals surface area contributed by atoms with Crippen LogP contribution in [0.5, 0.6) is 0 Å². The van der Waals surface area contributed by atoms with E-state index in [9.17, 15) is 0 Å². The molecule has 1 aromatic carbocycles. The maximum absolute atomic E-state index is 5.57. The van der Waals surface area contributed by atoms with Gasteiger partial charge in [-0.2, -0.15) is 0 Å². The van der Waals surface area contributed by atoms with Crippen molar-refractivity contribution in [2.24, 2.45) is 5.73 Å². The highest BCUT2D eigenvalue weighted by atomic mass is 14.5. The Hall–Kier alpha value is -1.44. The van der Waals surface area contributed by atoms with Crippen LogP contribution >= 0.6 is 0 Å². The van der Waals surface area contributed by atoms with E-state index in [2.05, 4.69) is 0 Å². The molecule has 0 radical (unpaired) electrons. The summed E-state index contributed by atoms with van der Waals surface area (Å²) in [6, 6.07) is 7.78. The summed E-state index contributed by atoms with van der Waals surface area (Å²) < 4.78 is 0. The maximum atomic E-state index is 5.57. The van der Waals surface area contributed by atoms with Crippen molar-refractivity contribution in [3.05, 3.63) is 42.1 Å². The molecule has 0 amide bonds. The highest BCUT2D eigenvalue weighted by molar-refractivity contribution is 5.41. The number of anilines is 1. The van der Waals surface area contributed by atoms with E-state index in [4.69, 9.17) is 11.5 Å². The van der Waals surface area contributed by atoms with E-state index in [0.29, 0.717) is 0 Å². The van der Waals surface area contributed by atoms with E-state index < -0.39 is 0 Å². The Morgan fingerprint density at radius 1 is 1.36 bits per heavy atom. The zero-order valence-electron chi connectivity index (χ0n) is 6.33. The van der Waals surface area contributed by atoms with Crippen LogP contribution in [0.15, 0.2) is 36.5 Å². The van der Waals surface area contributed by atoms with Crippen molar-refractivity contribution in [2.75, 3.05) is 5.73 Å². The van der Waals surface area contributed by atoms with Crippen LogP contribution in [0.2, 0.25) is 0 Å². The van der Waals surface area contributed by atoms with Gasteiger partial charge >= 0.3 is 0 Å². The van der Waals surface area contributed by atoms with E-state index in [-0.39, 0.29) is 0 Å². The lowest BCUT2D eigenvalue weighted by Crippen LogP contribution is -1.87. The standard InChI is InChI=1S/C9H12N2/c10-6-2-4-8-3-1-5-9(11)7-8/h1-3,5-7H,4,10-11H2. The van der Waals surface area contributed by atoms with Gasteiger partial charge in [-0.05, 0) is 30.3 Å². The van der Waals surface area contributed by atoms with Crippen molar-refractivity contribution in [1.82, 2.24) is 0 Å². The number of allylic oxidation sites excluding steroid dienone is 1. The van der Waals surface area contributed by atoms with Gasteiger partial charge < -0.3 is 11.5 Å². The molecule has 0 spiro atoms. The van der Waals surface area contributed by atoms with Crippen molar-refractivity contribution < 1.29 is 0 Å². The average molecular weight is 148 g/mol. The second kappa shape index (κ2) is 3.66. The monoisotopic (exact) mass is 148 g/mol. The molecule has 1 rings (SSSR count). The molecule has 2 nitrogen and oxygen atoms in total. The molecule has 0 saturated heterocycles. The molecule has 0 bridgehead atoms. The lowest BCUT2D eigenvalue weighted by molar-refractivity contribution is 1.26. The molecule has 0 aliphatic carbocycles. The summed E-state index contributed by atoms with van der Waals surface area (Å²) in [5, 5.41) is 0. The third-order valence-corrected chi connectivity index (χ3v) is 1.44. The molecule has 1 aromatic rings. The molecule has 0 aromatic heterocycles. The van der Waals surface area contributed by atoms with E-state index in [1.54, 1.807) is 6.20 Å². The summed E-state index contributed by atoms with van der Waals surface area (Å²) >= 11 is 0. The van der Waals surface area contributed by atoms with Gasteiger partial charge in [0.15, 0.2) is 0 Å². The van der Waals surface area contributed by atoms with Gasteiger partial charge in [-0.3, -0.25) is 0 Å². The van der Waals surface area contributed by atoms with Crippen molar-refractivity contribution in [3.63, 3.8) is 0 Å². The Morgan fingerprint density at radius 3 is 2.82 bits per heavy atom. The number of hydrogen-bond acceptors (Lipinski definition) is 2. The van der Waals surface area contributed by atoms with Crippen LogP contribution in [0.4, 0.5) is 5.69 Å². The Kier molecular flexibility index (Phi) is 2.55. The highest BCUT2D eigenvalue weighted by Gasteiger charge is 1.88. The molecule has 0 aliphatic heterocycles. The van der Waals surface area contributed by atoms with Crippen LogP contribution in [0.3, 0.4) is 0 Å². The first-order chi connectivity index (χ1) is 5.33. The molecule has 58 valence electrons. The average Bonchev–Trinajstić information content (AvgIpc) is 2.01. The predicted octanol–water partition coefficient (Wildman–Crippen LogP) is 1.28. The highest BCUT2D eigenvalue weighted by Crippen LogP contribution is 2.06. The van der Waals surface area contributed by atoms with E-state index >= 15 is 0 Å². The van der Waals surface area contributed by atoms with Crippen LogP contribution in [-0.4, -0.2) is 0 Å². The first-order valence-electron chi connectivity index (χ1n) is 3.54. The van der Waals surface area contributed by atoms with Gasteiger partial charge in [0.2, 0.25) is 0 Å². The van der Waals surface area contributed by atoms with Crippen LogP contribution in [0.1, 0.15) is 5.56 Å². The number of hydrogen-bond donors (Lipinski definition) is 2. The number of rotatable bonds is 2. The van der Waals surface area contributed by atoms with Crippen LogP contribution in [0.25, 0.3) is 0 Å². The van der Waals surface area contributed by atoms with Gasteiger partial charge in [0.1, 0.15) is 0 Å². The summed E-state index contributed by atoms with van der Waals surface area (Å²) in [6.07, 6.45) is 4.29. The molecule has 0 saturated carbocycles. The summed E-state index contributed by atoms with van der Waals surface area (Å²) in [6.45, 7) is 0. The Labute approximate surface area is 66.5 Å². The van der Waals surface area contributed by atoms with Crippen molar-refractivity contribution in [1.29, 1.82) is 0 Å². The summed E-state index contributed by atoms with van der Waals surface area (Å²) in [4.78, 5) is 0. The molecule has 11 heavy (non-hydrogen) atoms. The zero-order chi connectivity index (χ0) is 8.10. The largest absolute Gasteiger partial charge is 0.405 e. The second-order valence-corrected chi connectivity index (χ2v) is 2.38. The number of benzene rings is 1. The minimum absolute atomic E-state index is 0.799. The SMILES string of the molecule is NC=CCc1cccc(N)c1. The van der Waals surface area contributed by atoms with Crippen LogP contribution < -0.4 is 11.5 Å². The Balaban J connectivity index is 2.71. The van der Waals surface area contributed by atoms with E-state index in [1.807, 2.05) is 30.3 Å². The van der Waals surface area contributed by atoms with Crippen molar-refractivity contribution in [3.8, 4) is 0 Å². The fourth-order valence-electron chi connectivity index (χ4n) is 0.924. The Bertz CT molecular complexity index is 253. The van der Waals surface area contributed by atoms with Gasteiger partial charge in [-0.25, -0.2) is 0 Å². The fourth-order valence-corrected chi connectivity index (χ4v) is 0.924. The summed E-state index contributed by atoms with van der Waals surface area (Å²) in [5.74, 6) is 0. The molecule has 0 unspecified atom stereocenters. The topological polar surface area (TPSA) is 52.0 Å². The normalized spacial score (nSPS) is 10.5. The first kappa shape index (κ1) is 7.66. The molecule has 2 heteroatoms. The molecule has 0 aliphatic rings. The molecular weight excluding hydrogens is 136 g/mol. The summed E-state index contributed by atoms with van der Waals surface area (Å²) in [7, 11) is 0. The van der Waals surface area contributed by atoms with Gasteiger partial charge in [-0.15, -0.1) is 0 Å². The van der Waals surface area contributed by atoms with Crippen molar-refractivity contribution in [2.45, 2.75) is 6.42 Å². The first-order valence-corrected chi connectivity index (χ1v) is 3.54. The van der Waals surface area contributed by atoms with Gasteiger partial charge in [-0.1, -0.05) is 18.2 Å². The van der Waals surface area contributed by atoms with Crippen molar-refractivity contribution >= 4 is 5.69 Å². The molecule has 0 atom stereocenters. The quantitative estimate of drug-likeness (QED) is 0.621. The zero-order valence-corrected chi connectivity index (χ0v) is 6.33. The lowest BCUT2D eigenvalue weighted by Gasteiger charge is -1.96. The van der Waals surface area contributed by atoms with Gasteiger partial charge in [0.25, 0.3) is 0 Å². The number of nitrogen functional groups attached to an aromatic ring is 1. The smallest absolute Gasteiger partial charge is 0.0316 e.